The Balaban J connectivity index is 5.11. The molecule has 0 aliphatic carbocycles. The summed E-state index contributed by atoms with van der Waals surface area (Å²) in [6, 6.07) is -1.12. The highest BCUT2D eigenvalue weighted by Crippen LogP contribution is 2.12. The second-order valence-corrected chi connectivity index (χ2v) is 3.46. The summed E-state index contributed by atoms with van der Waals surface area (Å²) >= 11 is 0. The average molecular weight is 253 g/mol. The summed E-state index contributed by atoms with van der Waals surface area (Å²) in [6.07, 6.45) is 6.09. The van der Waals surface area contributed by atoms with Gasteiger partial charge in [0.2, 0.25) is 0 Å². The molecule has 0 saturated carbocycles. The Labute approximate surface area is 107 Å². The number of carboxylic acids is 1. The lowest BCUT2D eigenvalue weighted by atomic mass is 10.1. The molecule has 18 heavy (non-hydrogen) atoms. The van der Waals surface area contributed by atoms with E-state index in [0.717, 1.165) is 4.90 Å². The number of rotatable bonds is 6. The monoisotopic (exact) mass is 253 g/mol. The Morgan fingerprint density at radius 1 is 1.44 bits per heavy atom. The maximum Gasteiger partial charge on any atom is 0.410 e. The van der Waals surface area contributed by atoms with Crippen LogP contribution in [0.4, 0.5) is 4.79 Å². The van der Waals surface area contributed by atoms with Crippen molar-refractivity contribution in [3.63, 3.8) is 0 Å². The van der Waals surface area contributed by atoms with Crippen molar-refractivity contribution in [1.82, 2.24) is 4.90 Å². The van der Waals surface area contributed by atoms with Gasteiger partial charge >= 0.3 is 12.1 Å². The number of allylic oxidation sites excluding steroid dienone is 3. The van der Waals surface area contributed by atoms with E-state index in [1.54, 1.807) is 31.2 Å². The number of carbonyl (C=O) groups excluding carboxylic acids is 1. The van der Waals surface area contributed by atoms with Gasteiger partial charge in [-0.1, -0.05) is 30.9 Å². The van der Waals surface area contributed by atoms with Crippen LogP contribution in [0.5, 0.6) is 0 Å². The predicted molar refractivity (Wildman–Crippen MR) is 69.3 cm³/mol. The van der Waals surface area contributed by atoms with E-state index in [4.69, 9.17) is 0 Å². The van der Waals surface area contributed by atoms with E-state index in [2.05, 4.69) is 11.3 Å². The molecular formula is C13H19NO4. The van der Waals surface area contributed by atoms with Crippen LogP contribution >= 0.6 is 0 Å². The molecule has 0 saturated heterocycles. The highest BCUT2D eigenvalue weighted by atomic mass is 16.5. The van der Waals surface area contributed by atoms with E-state index in [-0.39, 0.29) is 6.54 Å². The number of carbonyl (C=O) groups is 2. The van der Waals surface area contributed by atoms with Gasteiger partial charge in [-0.3, -0.25) is 4.90 Å². The van der Waals surface area contributed by atoms with Crippen LogP contribution in [0.3, 0.4) is 0 Å². The van der Waals surface area contributed by atoms with Crippen molar-refractivity contribution in [3.05, 3.63) is 36.5 Å². The number of methoxy groups -OCH3 is 1. The zero-order chi connectivity index (χ0) is 14.1. The first kappa shape index (κ1) is 16.0. The quantitative estimate of drug-likeness (QED) is 0.737. The van der Waals surface area contributed by atoms with Crippen LogP contribution in [0.2, 0.25) is 0 Å². The summed E-state index contributed by atoms with van der Waals surface area (Å²) in [5, 5.41) is 9.18. The van der Waals surface area contributed by atoms with Crippen molar-refractivity contribution >= 4 is 12.1 Å². The van der Waals surface area contributed by atoms with Crippen LogP contribution in [0.15, 0.2) is 36.5 Å². The van der Waals surface area contributed by atoms with Crippen LogP contribution in [-0.4, -0.2) is 41.8 Å². The molecule has 0 aromatic rings. The molecule has 5 heteroatoms. The Morgan fingerprint density at radius 2 is 2.06 bits per heavy atom. The van der Waals surface area contributed by atoms with E-state index in [1.165, 1.54) is 7.11 Å². The summed E-state index contributed by atoms with van der Waals surface area (Å²) in [7, 11) is 1.21. The minimum atomic E-state index is -1.14. The molecule has 0 unspecified atom stereocenters. The molecule has 0 aromatic carbocycles. The number of aliphatic carboxylic acids is 1. The van der Waals surface area contributed by atoms with Crippen LogP contribution in [-0.2, 0) is 9.53 Å². The fraction of sp³-hybridized carbons (Fsp3) is 0.385. The molecule has 0 aromatic heterocycles. The molecule has 0 bridgehead atoms. The molecule has 5 nitrogen and oxygen atoms in total. The first-order chi connectivity index (χ1) is 8.49. The van der Waals surface area contributed by atoms with Gasteiger partial charge in [0.05, 0.1) is 7.11 Å². The van der Waals surface area contributed by atoms with Crippen molar-refractivity contribution in [1.29, 1.82) is 0 Å². The van der Waals surface area contributed by atoms with Crippen LogP contribution in [0.1, 0.15) is 13.8 Å². The molecule has 0 rings (SSSR count). The molecule has 0 spiro atoms. The molecule has 0 aliphatic rings. The number of nitrogens with zero attached hydrogens (tertiary/aromatic N) is 1. The van der Waals surface area contributed by atoms with Crippen molar-refractivity contribution in [2.75, 3.05) is 13.7 Å². The van der Waals surface area contributed by atoms with Gasteiger partial charge in [-0.25, -0.2) is 9.59 Å². The summed E-state index contributed by atoms with van der Waals surface area (Å²) < 4.78 is 4.55. The lowest BCUT2D eigenvalue weighted by Crippen LogP contribution is -2.45. The SMILES string of the molecule is C=C(/C=C\C=C/C)[C@H](C(=O)O)N(CC)C(=O)OC. The van der Waals surface area contributed by atoms with Crippen molar-refractivity contribution in [3.8, 4) is 0 Å². The summed E-state index contributed by atoms with van der Waals surface area (Å²) in [6.45, 7) is 7.42. The van der Waals surface area contributed by atoms with E-state index < -0.39 is 18.1 Å². The van der Waals surface area contributed by atoms with Gasteiger partial charge in [-0.2, -0.15) is 0 Å². The number of likely N-dealkylation sites (N-methyl/N-ethyl adjacent to an activating group) is 1. The molecule has 0 fully saturated rings. The van der Waals surface area contributed by atoms with E-state index in [1.807, 2.05) is 6.92 Å². The Hall–Kier alpha value is -2.04. The lowest BCUT2D eigenvalue weighted by molar-refractivity contribution is -0.141. The smallest absolute Gasteiger partial charge is 0.410 e. The van der Waals surface area contributed by atoms with Crippen LogP contribution < -0.4 is 0 Å². The second-order valence-electron chi connectivity index (χ2n) is 3.46. The Bertz CT molecular complexity index is 371. The van der Waals surface area contributed by atoms with Gasteiger partial charge in [0.25, 0.3) is 0 Å². The third-order valence-electron chi connectivity index (χ3n) is 2.26. The number of hydrogen-bond acceptors (Lipinski definition) is 3. The molecule has 100 valence electrons. The molecule has 1 N–H and O–H groups in total. The fourth-order valence-electron chi connectivity index (χ4n) is 1.41. The lowest BCUT2D eigenvalue weighted by Gasteiger charge is -2.26. The normalized spacial score (nSPS) is 12.6. The van der Waals surface area contributed by atoms with Crippen LogP contribution in [0, 0.1) is 0 Å². The standard InChI is InChI=1S/C13H19NO4/c1-5-7-8-9-10(3)11(12(15)16)14(6-2)13(17)18-4/h5,7-9,11H,3,6H2,1-2,4H3,(H,15,16)/b7-5-,9-8-/t11-/m1/s1. The highest BCUT2D eigenvalue weighted by molar-refractivity contribution is 5.83. The zero-order valence-electron chi connectivity index (χ0n) is 10.9. The third kappa shape index (κ3) is 4.45. The van der Waals surface area contributed by atoms with Gasteiger partial charge < -0.3 is 9.84 Å². The first-order valence-electron chi connectivity index (χ1n) is 5.55. The average Bonchev–Trinajstić information content (AvgIpc) is 2.34. The summed E-state index contributed by atoms with van der Waals surface area (Å²) in [4.78, 5) is 23.8. The molecule has 0 radical (unpaired) electrons. The zero-order valence-corrected chi connectivity index (χ0v) is 10.9. The number of hydrogen-bond donors (Lipinski definition) is 1. The molecular weight excluding hydrogens is 234 g/mol. The second kappa shape index (κ2) is 8.11. The maximum atomic E-state index is 11.5. The van der Waals surface area contributed by atoms with Gasteiger partial charge in [-0.05, 0) is 19.4 Å². The van der Waals surface area contributed by atoms with Crippen LogP contribution in [0.25, 0.3) is 0 Å². The molecule has 1 atom stereocenters. The van der Waals surface area contributed by atoms with Gasteiger partial charge in [0.1, 0.15) is 0 Å². The van der Waals surface area contributed by atoms with Crippen molar-refractivity contribution in [2.24, 2.45) is 0 Å². The largest absolute Gasteiger partial charge is 0.479 e. The van der Waals surface area contributed by atoms with Gasteiger partial charge in [0, 0.05) is 6.54 Å². The first-order valence-corrected chi connectivity index (χ1v) is 5.55. The summed E-state index contributed by atoms with van der Waals surface area (Å²) in [5.74, 6) is -1.14. The van der Waals surface area contributed by atoms with E-state index in [0.29, 0.717) is 5.57 Å². The number of carboxylic acid groups (broad SMARTS) is 1. The molecule has 1 amide bonds. The van der Waals surface area contributed by atoms with Crippen molar-refractivity contribution < 1.29 is 19.4 Å². The molecule has 0 aliphatic heterocycles. The topological polar surface area (TPSA) is 66.8 Å². The van der Waals surface area contributed by atoms with Gasteiger partial charge in [0.15, 0.2) is 6.04 Å². The predicted octanol–water partition coefficient (Wildman–Crippen LogP) is 2.22. The summed E-state index contributed by atoms with van der Waals surface area (Å²) in [5.41, 5.74) is 0.313. The van der Waals surface area contributed by atoms with Crippen molar-refractivity contribution in [2.45, 2.75) is 19.9 Å². The minimum absolute atomic E-state index is 0.222. The van der Waals surface area contributed by atoms with E-state index >= 15 is 0 Å². The molecule has 0 heterocycles. The third-order valence-corrected chi connectivity index (χ3v) is 2.26. The Kier molecular flexibility index (Phi) is 7.19. The maximum absolute atomic E-state index is 11.5. The Morgan fingerprint density at radius 3 is 2.44 bits per heavy atom. The van der Waals surface area contributed by atoms with E-state index in [9.17, 15) is 14.7 Å². The number of ether oxygens (including phenoxy) is 1. The van der Waals surface area contributed by atoms with Gasteiger partial charge in [-0.15, -0.1) is 0 Å². The minimum Gasteiger partial charge on any atom is -0.479 e. The fourth-order valence-corrected chi connectivity index (χ4v) is 1.41. The number of amides is 1. The highest BCUT2D eigenvalue weighted by Gasteiger charge is 2.30.